The van der Waals surface area contributed by atoms with Crippen molar-refractivity contribution in [3.63, 3.8) is 0 Å². The quantitative estimate of drug-likeness (QED) is 0.214. The van der Waals surface area contributed by atoms with E-state index in [1.54, 1.807) is 0 Å². The molecule has 6 aromatic carbocycles. The maximum absolute atomic E-state index is 2.35. The maximum Gasteiger partial charge on any atom is 0.0408 e. The fourth-order valence-electron chi connectivity index (χ4n) is 5.90. The molecule has 7 rings (SSSR count). The fourth-order valence-corrected chi connectivity index (χ4v) is 5.90. The van der Waals surface area contributed by atoms with Gasteiger partial charge in [-0.05, 0) is 98.8 Å². The van der Waals surface area contributed by atoms with Crippen LogP contribution in [0.15, 0.2) is 146 Å². The summed E-state index contributed by atoms with van der Waals surface area (Å²) in [6.07, 6.45) is 1.98. The minimum Gasteiger partial charge on any atom is -0.345 e. The smallest absolute Gasteiger partial charge is 0.0408 e. The fraction of sp³-hybridized carbons (Fsp3) is 0.0769. The average Bonchev–Trinajstić information content (AvgIpc) is 3.40. The summed E-state index contributed by atoms with van der Waals surface area (Å²) in [6.45, 7) is 0. The third-order valence-electron chi connectivity index (χ3n) is 8.15. The number of benzene rings is 6. The molecule has 0 aromatic heterocycles. The Bertz CT molecular complexity index is 1780. The van der Waals surface area contributed by atoms with Gasteiger partial charge in [-0.15, -0.1) is 0 Å². The second kappa shape index (κ2) is 10.4. The Kier molecular flexibility index (Phi) is 6.26. The highest BCUT2D eigenvalue weighted by atomic mass is 15.1. The molecule has 192 valence electrons. The number of rotatable bonds is 6. The van der Waals surface area contributed by atoms with Gasteiger partial charge in [0.25, 0.3) is 0 Å². The number of nitrogens with zero attached hydrogens (tertiary/aromatic N) is 1. The maximum atomic E-state index is 2.35. The minimum atomic E-state index is 0.949. The topological polar surface area (TPSA) is 3.24 Å². The number of anilines is 2. The van der Waals surface area contributed by atoms with Gasteiger partial charge in [-0.25, -0.2) is 0 Å². The summed E-state index contributed by atoms with van der Waals surface area (Å²) in [5.41, 5.74) is 15.6. The summed E-state index contributed by atoms with van der Waals surface area (Å²) in [6, 6.07) is 53.0. The predicted molar refractivity (Wildman–Crippen MR) is 169 cm³/mol. The molecule has 0 bridgehead atoms. The van der Waals surface area contributed by atoms with Crippen LogP contribution in [0.4, 0.5) is 11.4 Å². The van der Waals surface area contributed by atoms with Crippen molar-refractivity contribution in [2.75, 3.05) is 11.9 Å². The van der Waals surface area contributed by atoms with Crippen LogP contribution in [0.5, 0.6) is 0 Å². The Hall–Kier alpha value is -4.88. The molecule has 0 radical (unpaired) electrons. The van der Waals surface area contributed by atoms with E-state index in [2.05, 4.69) is 158 Å². The zero-order valence-electron chi connectivity index (χ0n) is 22.7. The van der Waals surface area contributed by atoms with E-state index >= 15 is 0 Å². The largest absolute Gasteiger partial charge is 0.345 e. The molecule has 0 heterocycles. The van der Waals surface area contributed by atoms with Gasteiger partial charge in [0.15, 0.2) is 0 Å². The lowest BCUT2D eigenvalue weighted by Gasteiger charge is -2.20. The van der Waals surface area contributed by atoms with Crippen molar-refractivity contribution in [1.29, 1.82) is 0 Å². The highest BCUT2D eigenvalue weighted by molar-refractivity contribution is 5.82. The summed E-state index contributed by atoms with van der Waals surface area (Å²) >= 11 is 0. The standard InChI is InChI=1S/C39H31N/c1-40(36-20-16-30(17-21-36)32-12-7-10-29(25-32)24-28-8-3-2-4-9-28)37-22-18-31(19-23-37)33-14-15-35-26-34-11-5-6-13-38(34)39(35)27-33/h2-23,25,27H,24,26H2,1H3. The summed E-state index contributed by atoms with van der Waals surface area (Å²) < 4.78 is 0. The second-order valence-electron chi connectivity index (χ2n) is 10.7. The predicted octanol–water partition coefficient (Wildman–Crippen LogP) is 9.95. The van der Waals surface area contributed by atoms with E-state index in [-0.39, 0.29) is 0 Å². The molecule has 0 amide bonds. The van der Waals surface area contributed by atoms with Gasteiger partial charge in [-0.3, -0.25) is 0 Å². The van der Waals surface area contributed by atoms with Crippen LogP contribution in [0, 0.1) is 0 Å². The highest BCUT2D eigenvalue weighted by Crippen LogP contribution is 2.39. The number of hydrogen-bond donors (Lipinski definition) is 0. The minimum absolute atomic E-state index is 0.949. The first-order valence-corrected chi connectivity index (χ1v) is 14.0. The molecule has 0 saturated heterocycles. The number of hydrogen-bond acceptors (Lipinski definition) is 1. The normalized spacial score (nSPS) is 11.6. The van der Waals surface area contributed by atoms with Gasteiger partial charge in [0, 0.05) is 18.4 Å². The SMILES string of the molecule is CN(c1ccc(-c2cccc(Cc3ccccc3)c2)cc1)c1ccc(-c2ccc3c(c2)-c2ccccc2C3)cc1. The van der Waals surface area contributed by atoms with E-state index in [1.165, 1.54) is 67.0 Å². The summed E-state index contributed by atoms with van der Waals surface area (Å²) in [5.74, 6) is 0. The Labute approximate surface area is 237 Å². The first kappa shape index (κ1) is 24.2. The third-order valence-corrected chi connectivity index (χ3v) is 8.15. The van der Waals surface area contributed by atoms with Crippen molar-refractivity contribution < 1.29 is 0 Å². The van der Waals surface area contributed by atoms with E-state index in [0.717, 1.165) is 12.8 Å². The molecule has 1 heteroatoms. The van der Waals surface area contributed by atoms with E-state index in [4.69, 9.17) is 0 Å². The van der Waals surface area contributed by atoms with Crippen LogP contribution >= 0.6 is 0 Å². The molecule has 0 unspecified atom stereocenters. The Morgan fingerprint density at radius 2 is 1.02 bits per heavy atom. The van der Waals surface area contributed by atoms with Gasteiger partial charge in [-0.1, -0.05) is 115 Å². The van der Waals surface area contributed by atoms with Crippen LogP contribution in [0.25, 0.3) is 33.4 Å². The molecule has 0 atom stereocenters. The Morgan fingerprint density at radius 3 is 1.75 bits per heavy atom. The molecule has 1 aliphatic carbocycles. The zero-order valence-corrected chi connectivity index (χ0v) is 22.7. The van der Waals surface area contributed by atoms with Gasteiger partial charge in [0.1, 0.15) is 0 Å². The van der Waals surface area contributed by atoms with E-state index in [9.17, 15) is 0 Å². The van der Waals surface area contributed by atoms with Gasteiger partial charge in [0.05, 0.1) is 0 Å². The second-order valence-corrected chi connectivity index (χ2v) is 10.7. The van der Waals surface area contributed by atoms with Crippen molar-refractivity contribution in [2.45, 2.75) is 12.8 Å². The molecule has 0 saturated carbocycles. The van der Waals surface area contributed by atoms with Crippen LogP contribution in [-0.4, -0.2) is 7.05 Å². The van der Waals surface area contributed by atoms with E-state index < -0.39 is 0 Å². The third kappa shape index (κ3) is 4.72. The van der Waals surface area contributed by atoms with Crippen LogP contribution in [0.3, 0.4) is 0 Å². The zero-order chi connectivity index (χ0) is 26.9. The van der Waals surface area contributed by atoms with Crippen LogP contribution in [-0.2, 0) is 12.8 Å². The van der Waals surface area contributed by atoms with Crippen molar-refractivity contribution in [3.05, 3.63) is 168 Å². The van der Waals surface area contributed by atoms with Gasteiger partial charge in [-0.2, -0.15) is 0 Å². The van der Waals surface area contributed by atoms with Crippen LogP contribution in [0.2, 0.25) is 0 Å². The lowest BCUT2D eigenvalue weighted by molar-refractivity contribution is 1.19. The number of fused-ring (bicyclic) bond motifs is 3. The molecule has 0 aliphatic heterocycles. The summed E-state index contributed by atoms with van der Waals surface area (Å²) in [7, 11) is 2.14. The van der Waals surface area contributed by atoms with Crippen LogP contribution in [0.1, 0.15) is 22.3 Å². The molecule has 0 N–H and O–H groups in total. The van der Waals surface area contributed by atoms with E-state index in [1.807, 2.05) is 0 Å². The van der Waals surface area contributed by atoms with Crippen molar-refractivity contribution in [1.82, 2.24) is 0 Å². The molecule has 1 nitrogen and oxygen atoms in total. The molecule has 6 aromatic rings. The molecule has 40 heavy (non-hydrogen) atoms. The molecular formula is C39H31N. The summed E-state index contributed by atoms with van der Waals surface area (Å²) in [5, 5.41) is 0. The van der Waals surface area contributed by atoms with E-state index in [0.29, 0.717) is 0 Å². The first-order valence-electron chi connectivity index (χ1n) is 14.0. The van der Waals surface area contributed by atoms with Gasteiger partial charge >= 0.3 is 0 Å². The Morgan fingerprint density at radius 1 is 0.450 bits per heavy atom. The molecular weight excluding hydrogens is 482 g/mol. The van der Waals surface area contributed by atoms with Crippen LogP contribution < -0.4 is 4.90 Å². The lowest BCUT2D eigenvalue weighted by atomic mass is 9.98. The average molecular weight is 514 g/mol. The monoisotopic (exact) mass is 513 g/mol. The lowest BCUT2D eigenvalue weighted by Crippen LogP contribution is -2.08. The van der Waals surface area contributed by atoms with Crippen molar-refractivity contribution in [2.24, 2.45) is 0 Å². The van der Waals surface area contributed by atoms with Gasteiger partial charge < -0.3 is 4.90 Å². The first-order chi connectivity index (χ1) is 19.7. The molecule has 0 fully saturated rings. The molecule has 1 aliphatic rings. The van der Waals surface area contributed by atoms with Crippen molar-refractivity contribution >= 4 is 11.4 Å². The van der Waals surface area contributed by atoms with Gasteiger partial charge in [0.2, 0.25) is 0 Å². The highest BCUT2D eigenvalue weighted by Gasteiger charge is 2.18. The Balaban J connectivity index is 1.08. The van der Waals surface area contributed by atoms with Crippen molar-refractivity contribution in [3.8, 4) is 33.4 Å². The molecule has 0 spiro atoms. The summed E-state index contributed by atoms with van der Waals surface area (Å²) in [4.78, 5) is 2.25.